The van der Waals surface area contributed by atoms with E-state index >= 15 is 0 Å². The average molecular weight is 476 g/mol. The Morgan fingerprint density at radius 1 is 1.33 bits per heavy atom. The first-order chi connectivity index (χ1) is 15.6. The fraction of sp³-hybridized carbons (Fsp3) is 0.560. The van der Waals surface area contributed by atoms with E-state index < -0.39 is 17.8 Å². The van der Waals surface area contributed by atoms with Gasteiger partial charge in [-0.2, -0.15) is 0 Å². The number of ketones is 1. The Hall–Kier alpha value is -2.38. The van der Waals surface area contributed by atoms with Gasteiger partial charge in [0.2, 0.25) is 0 Å². The van der Waals surface area contributed by atoms with Gasteiger partial charge in [-0.05, 0) is 49.3 Å². The van der Waals surface area contributed by atoms with Gasteiger partial charge in [0.15, 0.2) is 17.3 Å². The molecule has 3 atom stereocenters. The Balaban J connectivity index is 1.78. The van der Waals surface area contributed by atoms with Gasteiger partial charge in [-0.1, -0.05) is 25.4 Å². The number of hydrogen-bond acceptors (Lipinski definition) is 7. The lowest BCUT2D eigenvalue weighted by atomic mass is 9.67. The summed E-state index contributed by atoms with van der Waals surface area (Å²) in [7, 11) is 1.43. The van der Waals surface area contributed by atoms with Gasteiger partial charge in [-0.25, -0.2) is 0 Å². The molecule has 4 rings (SSSR count). The van der Waals surface area contributed by atoms with Gasteiger partial charge in [0.1, 0.15) is 12.5 Å². The molecule has 2 heterocycles. The molecular formula is C25H30ClNO6. The van der Waals surface area contributed by atoms with Crippen LogP contribution in [0.15, 0.2) is 28.4 Å². The minimum absolute atomic E-state index is 0.0393. The highest BCUT2D eigenvalue weighted by molar-refractivity contribution is 6.32. The second-order valence-corrected chi connectivity index (χ2v) is 10.2. The fourth-order valence-corrected chi connectivity index (χ4v) is 5.30. The van der Waals surface area contributed by atoms with Crippen molar-refractivity contribution >= 4 is 29.1 Å². The molecule has 0 radical (unpaired) electrons. The highest BCUT2D eigenvalue weighted by Gasteiger charge is 2.46. The summed E-state index contributed by atoms with van der Waals surface area (Å²) in [4.78, 5) is 31.4. The Morgan fingerprint density at radius 2 is 2.09 bits per heavy atom. The number of halogens is 1. The zero-order valence-corrected chi connectivity index (χ0v) is 20.2. The summed E-state index contributed by atoms with van der Waals surface area (Å²) in [6.07, 6.45) is 2.67. The monoisotopic (exact) mass is 475 g/mol. The van der Waals surface area contributed by atoms with Crippen LogP contribution in [0.5, 0.6) is 11.5 Å². The predicted molar refractivity (Wildman–Crippen MR) is 124 cm³/mol. The number of rotatable bonds is 5. The number of esters is 1. The van der Waals surface area contributed by atoms with Crippen LogP contribution in [0.25, 0.3) is 0 Å². The second kappa shape index (κ2) is 9.11. The number of aromatic hydroxyl groups is 1. The summed E-state index contributed by atoms with van der Waals surface area (Å²) < 4.78 is 16.5. The SMILES string of the molecule is COc1cc([C@@H]2C3=C(CC(C)(C)CC3=O)N=C(C)C2C(=O)OC[C@H]2CCCO2)cc(Cl)c1O. The molecule has 0 aromatic heterocycles. The zero-order chi connectivity index (χ0) is 23.9. The van der Waals surface area contributed by atoms with E-state index in [-0.39, 0.29) is 40.4 Å². The molecule has 1 aromatic carbocycles. The van der Waals surface area contributed by atoms with E-state index in [9.17, 15) is 14.7 Å². The number of benzene rings is 1. The molecule has 0 saturated carbocycles. The Morgan fingerprint density at radius 3 is 2.76 bits per heavy atom. The van der Waals surface area contributed by atoms with Crippen LogP contribution in [0.1, 0.15) is 57.9 Å². The van der Waals surface area contributed by atoms with Crippen molar-refractivity contribution in [2.24, 2.45) is 16.3 Å². The minimum Gasteiger partial charge on any atom is -0.503 e. The lowest BCUT2D eigenvalue weighted by molar-refractivity contribution is -0.149. The molecule has 1 saturated heterocycles. The minimum atomic E-state index is -0.791. The van der Waals surface area contributed by atoms with Gasteiger partial charge in [0.05, 0.1) is 18.2 Å². The molecular weight excluding hydrogens is 446 g/mol. The quantitative estimate of drug-likeness (QED) is 0.626. The van der Waals surface area contributed by atoms with Gasteiger partial charge >= 0.3 is 5.97 Å². The van der Waals surface area contributed by atoms with Crippen molar-refractivity contribution in [3.8, 4) is 11.5 Å². The van der Waals surface area contributed by atoms with Crippen LogP contribution in [0.3, 0.4) is 0 Å². The Labute approximate surface area is 198 Å². The normalized spacial score (nSPS) is 26.6. The molecule has 1 N–H and O–H groups in total. The standard InChI is InChI=1S/C25H30ClNO6/c1-13-20(24(30)33-12-15-6-5-7-32-15)21(14-8-16(26)23(29)19(9-14)31-4)22-17(27-13)10-25(2,3)11-18(22)28/h8-9,15,20-21,29H,5-7,10-12H2,1-4H3/t15-,20?,21+/m1/s1. The number of nitrogens with zero attached hydrogens (tertiary/aromatic N) is 1. The lowest BCUT2D eigenvalue weighted by Gasteiger charge is -2.39. The number of carbonyl (C=O) groups is 2. The number of Topliss-reactive ketones (excluding diaryl/α,β-unsaturated/α-hetero) is 1. The van der Waals surface area contributed by atoms with Gasteiger partial charge in [0.25, 0.3) is 0 Å². The maximum Gasteiger partial charge on any atom is 0.315 e. The molecule has 33 heavy (non-hydrogen) atoms. The molecule has 2 aliphatic heterocycles. The summed E-state index contributed by atoms with van der Waals surface area (Å²) in [5.41, 5.74) is 2.18. The van der Waals surface area contributed by atoms with Crippen LogP contribution in [0, 0.1) is 11.3 Å². The van der Waals surface area contributed by atoms with Crippen LogP contribution in [-0.4, -0.2) is 49.0 Å². The topological polar surface area (TPSA) is 94.4 Å². The first-order valence-electron chi connectivity index (χ1n) is 11.3. The van der Waals surface area contributed by atoms with Gasteiger partial charge in [0, 0.05) is 35.9 Å². The van der Waals surface area contributed by atoms with Crippen LogP contribution in [-0.2, 0) is 19.1 Å². The third kappa shape index (κ3) is 4.66. The largest absolute Gasteiger partial charge is 0.503 e. The molecule has 0 bridgehead atoms. The summed E-state index contributed by atoms with van der Waals surface area (Å²) in [5.74, 6) is -1.93. The van der Waals surface area contributed by atoms with Crippen LogP contribution < -0.4 is 4.74 Å². The van der Waals surface area contributed by atoms with Crippen molar-refractivity contribution in [1.29, 1.82) is 0 Å². The molecule has 0 amide bonds. The summed E-state index contributed by atoms with van der Waals surface area (Å²) in [6, 6.07) is 3.21. The van der Waals surface area contributed by atoms with Gasteiger partial charge in [-0.3, -0.25) is 14.6 Å². The molecule has 7 nitrogen and oxygen atoms in total. The van der Waals surface area contributed by atoms with Crippen LogP contribution >= 0.6 is 11.6 Å². The summed E-state index contributed by atoms with van der Waals surface area (Å²) in [6.45, 7) is 6.71. The van der Waals surface area contributed by atoms with Crippen LogP contribution in [0.2, 0.25) is 5.02 Å². The highest BCUT2D eigenvalue weighted by atomic mass is 35.5. The molecule has 178 valence electrons. The number of phenols is 1. The number of ether oxygens (including phenoxy) is 3. The smallest absolute Gasteiger partial charge is 0.315 e. The molecule has 8 heteroatoms. The third-order valence-electron chi connectivity index (χ3n) is 6.62. The molecule has 1 unspecified atom stereocenters. The summed E-state index contributed by atoms with van der Waals surface area (Å²) in [5, 5.41) is 10.3. The fourth-order valence-electron chi connectivity index (χ4n) is 5.08. The van der Waals surface area contributed by atoms with E-state index in [1.54, 1.807) is 19.1 Å². The number of phenolic OH excluding ortho intramolecular Hbond substituents is 1. The van der Waals surface area contributed by atoms with Crippen molar-refractivity contribution in [3.05, 3.63) is 34.0 Å². The molecule has 1 aromatic rings. The lowest BCUT2D eigenvalue weighted by Crippen LogP contribution is -2.40. The molecule has 0 spiro atoms. The predicted octanol–water partition coefficient (Wildman–Crippen LogP) is 4.59. The number of carbonyl (C=O) groups excluding carboxylic acids is 2. The van der Waals surface area contributed by atoms with E-state index in [1.807, 2.05) is 13.8 Å². The average Bonchev–Trinajstić information content (AvgIpc) is 3.25. The third-order valence-corrected chi connectivity index (χ3v) is 6.91. The van der Waals surface area contributed by atoms with Crippen molar-refractivity contribution in [2.75, 3.05) is 20.3 Å². The number of hydrogen-bond donors (Lipinski definition) is 1. The van der Waals surface area contributed by atoms with Crippen LogP contribution in [0.4, 0.5) is 0 Å². The number of allylic oxidation sites excluding steroid dienone is 2. The van der Waals surface area contributed by atoms with E-state index in [2.05, 4.69) is 0 Å². The van der Waals surface area contributed by atoms with Crippen molar-refractivity contribution < 1.29 is 28.9 Å². The molecule has 1 aliphatic carbocycles. The second-order valence-electron chi connectivity index (χ2n) is 9.83. The van der Waals surface area contributed by atoms with E-state index in [4.69, 9.17) is 30.8 Å². The van der Waals surface area contributed by atoms with Crippen molar-refractivity contribution in [3.63, 3.8) is 0 Å². The first kappa shape index (κ1) is 23.8. The number of aliphatic imine (C=N–C) groups is 1. The number of methoxy groups -OCH3 is 1. The van der Waals surface area contributed by atoms with Gasteiger partial charge in [-0.15, -0.1) is 0 Å². The molecule has 3 aliphatic rings. The van der Waals surface area contributed by atoms with Gasteiger partial charge < -0.3 is 19.3 Å². The van der Waals surface area contributed by atoms with E-state index in [1.165, 1.54) is 7.11 Å². The van der Waals surface area contributed by atoms with Crippen molar-refractivity contribution in [1.82, 2.24) is 0 Å². The van der Waals surface area contributed by atoms with Crippen molar-refractivity contribution in [2.45, 2.75) is 58.5 Å². The highest BCUT2D eigenvalue weighted by Crippen LogP contribution is 2.49. The first-order valence-corrected chi connectivity index (χ1v) is 11.6. The van der Waals surface area contributed by atoms with E-state index in [0.29, 0.717) is 42.0 Å². The Bertz CT molecular complexity index is 1040. The zero-order valence-electron chi connectivity index (χ0n) is 19.4. The van der Waals surface area contributed by atoms with E-state index in [0.717, 1.165) is 12.8 Å². The maximum atomic E-state index is 13.4. The summed E-state index contributed by atoms with van der Waals surface area (Å²) >= 11 is 6.29. The maximum absolute atomic E-state index is 13.4. The Kier molecular flexibility index (Phi) is 6.56. The molecule has 1 fully saturated rings.